The minimum Gasteiger partial charge on any atom is -0.495 e. The number of sulfonamides is 1. The molecule has 0 aliphatic rings. The number of non-ortho nitro benzene ring substituents is 1. The molecule has 0 aliphatic carbocycles. The lowest BCUT2D eigenvalue weighted by Gasteiger charge is -2.07. The quantitative estimate of drug-likeness (QED) is 0.345. The summed E-state index contributed by atoms with van der Waals surface area (Å²) in [6, 6.07) is 3.22. The molecular formula is C10H13N3O5S. The summed E-state index contributed by atoms with van der Waals surface area (Å²) in [4.78, 5) is 11.2. The Balaban J connectivity index is 3.31. The van der Waals surface area contributed by atoms with Crippen molar-refractivity contribution in [3.05, 3.63) is 28.3 Å². The lowest BCUT2D eigenvalue weighted by molar-refractivity contribution is -0.385. The van der Waals surface area contributed by atoms with E-state index in [-0.39, 0.29) is 16.3 Å². The van der Waals surface area contributed by atoms with E-state index in [4.69, 9.17) is 4.74 Å². The van der Waals surface area contributed by atoms with E-state index in [0.29, 0.717) is 0 Å². The highest BCUT2D eigenvalue weighted by Crippen LogP contribution is 2.29. The van der Waals surface area contributed by atoms with Crippen LogP contribution in [0.4, 0.5) is 5.69 Å². The summed E-state index contributed by atoms with van der Waals surface area (Å²) in [6.07, 6.45) is 1.12. The van der Waals surface area contributed by atoms with Crippen LogP contribution in [0.2, 0.25) is 0 Å². The van der Waals surface area contributed by atoms with Crippen LogP contribution in [0.15, 0.2) is 27.5 Å². The Kier molecular flexibility index (Phi) is 4.43. The molecule has 0 aliphatic heterocycles. The molecule has 1 aromatic rings. The third-order valence-corrected chi connectivity index (χ3v) is 3.32. The normalized spacial score (nSPS) is 11.5. The van der Waals surface area contributed by atoms with Crippen molar-refractivity contribution in [2.75, 3.05) is 21.2 Å². The number of hydrogen-bond acceptors (Lipinski definition) is 5. The van der Waals surface area contributed by atoms with E-state index in [1.54, 1.807) is 14.1 Å². The van der Waals surface area contributed by atoms with E-state index in [2.05, 4.69) is 4.40 Å². The topological polar surface area (TPSA) is 102 Å². The first-order chi connectivity index (χ1) is 8.77. The van der Waals surface area contributed by atoms with E-state index in [1.165, 1.54) is 12.0 Å². The van der Waals surface area contributed by atoms with Gasteiger partial charge in [0.25, 0.3) is 15.7 Å². The third kappa shape index (κ3) is 3.65. The summed E-state index contributed by atoms with van der Waals surface area (Å²) < 4.78 is 32.1. The van der Waals surface area contributed by atoms with Gasteiger partial charge in [-0.05, 0) is 6.07 Å². The molecule has 0 unspecified atom stereocenters. The second-order valence-electron chi connectivity index (χ2n) is 3.75. The van der Waals surface area contributed by atoms with Gasteiger partial charge in [0.2, 0.25) is 0 Å². The van der Waals surface area contributed by atoms with Crippen molar-refractivity contribution in [1.82, 2.24) is 4.90 Å². The van der Waals surface area contributed by atoms with E-state index in [9.17, 15) is 18.5 Å². The van der Waals surface area contributed by atoms with Crippen molar-refractivity contribution < 1.29 is 18.1 Å². The van der Waals surface area contributed by atoms with Crippen LogP contribution in [-0.2, 0) is 10.0 Å². The number of hydrogen-bond donors (Lipinski definition) is 0. The average molecular weight is 287 g/mol. The minimum atomic E-state index is -3.96. The van der Waals surface area contributed by atoms with Crippen molar-refractivity contribution in [3.63, 3.8) is 0 Å². The lowest BCUT2D eigenvalue weighted by atomic mass is 10.3. The molecule has 0 aromatic heterocycles. The predicted octanol–water partition coefficient (Wildman–Crippen LogP) is 0.882. The molecule has 0 atom stereocenters. The van der Waals surface area contributed by atoms with Crippen molar-refractivity contribution in [2.45, 2.75) is 4.90 Å². The number of rotatable bonds is 5. The van der Waals surface area contributed by atoms with E-state index in [1.807, 2.05) is 0 Å². The van der Waals surface area contributed by atoms with Crippen LogP contribution in [0, 0.1) is 10.1 Å². The average Bonchev–Trinajstić information content (AvgIpc) is 2.35. The van der Waals surface area contributed by atoms with Crippen molar-refractivity contribution in [2.24, 2.45) is 4.40 Å². The van der Waals surface area contributed by atoms with Gasteiger partial charge in [0, 0.05) is 20.2 Å². The number of benzene rings is 1. The Morgan fingerprint density at radius 1 is 1.42 bits per heavy atom. The number of nitro benzene ring substituents is 1. The molecule has 1 aromatic carbocycles. The van der Waals surface area contributed by atoms with Gasteiger partial charge in [-0.1, -0.05) is 0 Å². The molecule has 9 heteroatoms. The molecular weight excluding hydrogens is 274 g/mol. The van der Waals surface area contributed by atoms with Crippen LogP contribution in [0.5, 0.6) is 5.75 Å². The molecule has 0 fully saturated rings. The Hall–Kier alpha value is -2.16. The SMILES string of the molecule is COc1cc([N+](=O)[O-])ccc1S(=O)(=O)N=CN(C)C. The molecule has 19 heavy (non-hydrogen) atoms. The maximum atomic E-state index is 11.9. The Morgan fingerprint density at radius 3 is 2.53 bits per heavy atom. The molecule has 0 N–H and O–H groups in total. The lowest BCUT2D eigenvalue weighted by Crippen LogP contribution is -2.10. The molecule has 8 nitrogen and oxygen atoms in total. The van der Waals surface area contributed by atoms with Gasteiger partial charge in [0.15, 0.2) is 0 Å². The minimum absolute atomic E-state index is 0.120. The summed E-state index contributed by atoms with van der Waals surface area (Å²) in [6.45, 7) is 0. The molecule has 0 bridgehead atoms. The van der Waals surface area contributed by atoms with E-state index in [0.717, 1.165) is 24.5 Å². The van der Waals surface area contributed by atoms with Crippen LogP contribution >= 0.6 is 0 Å². The van der Waals surface area contributed by atoms with Crippen molar-refractivity contribution in [1.29, 1.82) is 0 Å². The maximum absolute atomic E-state index is 11.9. The zero-order valence-corrected chi connectivity index (χ0v) is 11.4. The second kappa shape index (κ2) is 5.65. The molecule has 0 amide bonds. The predicted molar refractivity (Wildman–Crippen MR) is 69.0 cm³/mol. The summed E-state index contributed by atoms with van der Waals surface area (Å²) in [5.41, 5.74) is -0.257. The molecule has 0 heterocycles. The van der Waals surface area contributed by atoms with Crippen LogP contribution in [0.25, 0.3) is 0 Å². The Labute approximate surface area is 110 Å². The third-order valence-electron chi connectivity index (χ3n) is 2.05. The zero-order chi connectivity index (χ0) is 14.6. The molecule has 104 valence electrons. The first-order valence-corrected chi connectivity index (χ1v) is 6.51. The van der Waals surface area contributed by atoms with Gasteiger partial charge >= 0.3 is 0 Å². The standard InChI is InChI=1S/C10H13N3O5S/c1-12(2)7-11-19(16,17)10-5-4-8(13(14)15)6-9(10)18-3/h4-7H,1-3H3. The van der Waals surface area contributed by atoms with E-state index < -0.39 is 14.9 Å². The molecule has 1 rings (SSSR count). The number of nitrogens with zero attached hydrogens (tertiary/aromatic N) is 3. The first-order valence-electron chi connectivity index (χ1n) is 5.07. The van der Waals surface area contributed by atoms with Crippen LogP contribution < -0.4 is 4.74 Å². The number of methoxy groups -OCH3 is 1. The summed E-state index contributed by atoms with van der Waals surface area (Å²) >= 11 is 0. The smallest absolute Gasteiger partial charge is 0.287 e. The van der Waals surface area contributed by atoms with Crippen LogP contribution in [-0.4, -0.2) is 45.8 Å². The zero-order valence-electron chi connectivity index (χ0n) is 10.6. The molecule has 0 saturated carbocycles. The van der Waals surface area contributed by atoms with Crippen LogP contribution in [0.3, 0.4) is 0 Å². The molecule has 0 saturated heterocycles. The fourth-order valence-corrected chi connectivity index (χ4v) is 2.26. The highest BCUT2D eigenvalue weighted by Gasteiger charge is 2.21. The fraction of sp³-hybridized carbons (Fsp3) is 0.300. The van der Waals surface area contributed by atoms with E-state index >= 15 is 0 Å². The van der Waals surface area contributed by atoms with Gasteiger partial charge < -0.3 is 9.64 Å². The fourth-order valence-electron chi connectivity index (χ4n) is 1.20. The number of ether oxygens (including phenoxy) is 1. The van der Waals surface area contributed by atoms with Gasteiger partial charge in [0.05, 0.1) is 18.1 Å². The number of nitro groups is 1. The summed E-state index contributed by atoms with van der Waals surface area (Å²) in [5, 5.41) is 10.6. The Morgan fingerprint density at radius 2 is 2.05 bits per heavy atom. The second-order valence-corrected chi connectivity index (χ2v) is 5.35. The highest BCUT2D eigenvalue weighted by molar-refractivity contribution is 7.90. The van der Waals surface area contributed by atoms with Crippen LogP contribution in [0.1, 0.15) is 0 Å². The van der Waals surface area contributed by atoms with Gasteiger partial charge in [0.1, 0.15) is 17.0 Å². The summed E-state index contributed by atoms with van der Waals surface area (Å²) in [7, 11) is 0.504. The highest BCUT2D eigenvalue weighted by atomic mass is 32.2. The van der Waals surface area contributed by atoms with Gasteiger partial charge in [-0.3, -0.25) is 10.1 Å². The van der Waals surface area contributed by atoms with Gasteiger partial charge in [-0.2, -0.15) is 8.42 Å². The van der Waals surface area contributed by atoms with Crippen molar-refractivity contribution in [3.8, 4) is 5.75 Å². The largest absolute Gasteiger partial charge is 0.495 e. The van der Waals surface area contributed by atoms with Gasteiger partial charge in [-0.15, -0.1) is 4.40 Å². The Bertz CT molecular complexity index is 610. The van der Waals surface area contributed by atoms with Crippen molar-refractivity contribution >= 4 is 22.0 Å². The maximum Gasteiger partial charge on any atom is 0.287 e. The monoisotopic (exact) mass is 287 g/mol. The summed E-state index contributed by atoms with van der Waals surface area (Å²) in [5.74, 6) is -0.120. The van der Waals surface area contributed by atoms with Gasteiger partial charge in [-0.25, -0.2) is 0 Å². The molecule has 0 spiro atoms. The molecule has 0 radical (unpaired) electrons. The first kappa shape index (κ1) is 14.9.